The lowest BCUT2D eigenvalue weighted by molar-refractivity contribution is -0.143. The first-order valence-electron chi connectivity index (χ1n) is 13.3. The Morgan fingerprint density at radius 1 is 0.972 bits per heavy atom. The number of carbonyl (C=O) groups is 2. The summed E-state index contributed by atoms with van der Waals surface area (Å²) in [4.78, 5) is 30.5. The molecule has 1 aliphatic rings. The lowest BCUT2D eigenvalue weighted by Crippen LogP contribution is -2.45. The number of hydrogen-bond acceptors (Lipinski definition) is 5. The molecule has 0 spiro atoms. The van der Waals surface area contributed by atoms with Gasteiger partial charge in [0.05, 0.1) is 27.3 Å². The van der Waals surface area contributed by atoms with Gasteiger partial charge in [0.1, 0.15) is 11.5 Å². The van der Waals surface area contributed by atoms with E-state index in [-0.39, 0.29) is 24.3 Å². The van der Waals surface area contributed by atoms with Crippen LogP contribution < -0.4 is 9.47 Å². The van der Waals surface area contributed by atoms with E-state index in [2.05, 4.69) is 6.92 Å². The third-order valence-corrected chi connectivity index (χ3v) is 6.99. The van der Waals surface area contributed by atoms with Crippen LogP contribution in [0, 0.1) is 12.8 Å². The summed E-state index contributed by atoms with van der Waals surface area (Å²) in [6.07, 6.45) is 7.78. The van der Waals surface area contributed by atoms with Gasteiger partial charge in [-0.05, 0) is 62.4 Å². The molecular weight excluding hydrogens is 456 g/mol. The molecule has 7 nitrogen and oxygen atoms in total. The van der Waals surface area contributed by atoms with Gasteiger partial charge in [-0.2, -0.15) is 0 Å². The summed E-state index contributed by atoms with van der Waals surface area (Å²) in [6.45, 7) is 5.68. The van der Waals surface area contributed by atoms with Crippen LogP contribution in [0.3, 0.4) is 0 Å². The van der Waals surface area contributed by atoms with E-state index in [0.29, 0.717) is 37.6 Å². The van der Waals surface area contributed by atoms with Crippen molar-refractivity contribution >= 4 is 11.8 Å². The number of rotatable bonds is 14. The minimum atomic E-state index is -0.0487. The Balaban J connectivity index is 1.73. The summed E-state index contributed by atoms with van der Waals surface area (Å²) >= 11 is 0. The highest BCUT2D eigenvalue weighted by Crippen LogP contribution is 2.28. The standard InChI is InChI=1S/C29H42N2O5/c1-5-6-9-17-31(29(33)24-10-7-8-11-24)21-28(32)30(20-25-14-12-22(2)36-25)18-16-23-13-15-26(34-3)27(19-23)35-4/h12-15,19,24H,5-11,16-18,20-21H2,1-4H3. The van der Waals surface area contributed by atoms with Crippen molar-refractivity contribution < 1.29 is 23.5 Å². The van der Waals surface area contributed by atoms with E-state index >= 15 is 0 Å². The number of hydrogen-bond donors (Lipinski definition) is 0. The van der Waals surface area contributed by atoms with Crippen LogP contribution in [0.4, 0.5) is 0 Å². The van der Waals surface area contributed by atoms with E-state index in [1.54, 1.807) is 14.2 Å². The molecule has 0 aliphatic heterocycles. The smallest absolute Gasteiger partial charge is 0.242 e. The number of carbonyl (C=O) groups excluding carboxylic acids is 2. The number of benzene rings is 1. The molecule has 3 rings (SSSR count). The second kappa shape index (κ2) is 14.0. The van der Waals surface area contributed by atoms with Gasteiger partial charge in [0.25, 0.3) is 0 Å². The highest BCUT2D eigenvalue weighted by Gasteiger charge is 2.29. The summed E-state index contributed by atoms with van der Waals surface area (Å²) in [5, 5.41) is 0. The topological polar surface area (TPSA) is 72.2 Å². The average Bonchev–Trinajstić information content (AvgIpc) is 3.57. The maximum Gasteiger partial charge on any atom is 0.242 e. The minimum absolute atomic E-state index is 0.0487. The van der Waals surface area contributed by atoms with Crippen LogP contribution >= 0.6 is 0 Å². The number of furan rings is 1. The molecule has 0 saturated heterocycles. The second-order valence-corrected chi connectivity index (χ2v) is 9.72. The molecule has 198 valence electrons. The van der Waals surface area contributed by atoms with Crippen LogP contribution in [0.15, 0.2) is 34.7 Å². The lowest BCUT2D eigenvalue weighted by Gasteiger charge is -2.29. The average molecular weight is 499 g/mol. The summed E-state index contributed by atoms with van der Waals surface area (Å²) in [6, 6.07) is 9.63. The van der Waals surface area contributed by atoms with Crippen molar-refractivity contribution in [1.29, 1.82) is 0 Å². The molecule has 1 aromatic heterocycles. The minimum Gasteiger partial charge on any atom is -0.493 e. The molecule has 2 aromatic rings. The van der Waals surface area contributed by atoms with E-state index in [9.17, 15) is 9.59 Å². The van der Waals surface area contributed by atoms with Crippen LogP contribution in [-0.4, -0.2) is 55.5 Å². The van der Waals surface area contributed by atoms with Gasteiger partial charge in [0.2, 0.25) is 11.8 Å². The Bertz CT molecular complexity index is 980. The van der Waals surface area contributed by atoms with Crippen molar-refractivity contribution in [3.05, 3.63) is 47.4 Å². The number of nitrogens with zero attached hydrogens (tertiary/aromatic N) is 2. The van der Waals surface area contributed by atoms with Crippen LogP contribution in [0.25, 0.3) is 0 Å². The zero-order chi connectivity index (χ0) is 25.9. The number of amides is 2. The predicted molar refractivity (Wildman–Crippen MR) is 140 cm³/mol. The van der Waals surface area contributed by atoms with Crippen LogP contribution in [0.5, 0.6) is 11.5 Å². The molecule has 0 bridgehead atoms. The van der Waals surface area contributed by atoms with Crippen molar-refractivity contribution in [1.82, 2.24) is 9.80 Å². The Hall–Kier alpha value is -2.96. The normalized spacial score (nSPS) is 13.6. The summed E-state index contributed by atoms with van der Waals surface area (Å²) < 4.78 is 16.6. The van der Waals surface area contributed by atoms with Crippen molar-refractivity contribution in [3.63, 3.8) is 0 Å². The lowest BCUT2D eigenvalue weighted by atomic mass is 10.1. The van der Waals surface area contributed by atoms with Gasteiger partial charge in [-0.1, -0.05) is 38.7 Å². The quantitative estimate of drug-likeness (QED) is 0.327. The predicted octanol–water partition coefficient (Wildman–Crippen LogP) is 5.39. The Labute approximate surface area is 215 Å². The van der Waals surface area contributed by atoms with Crippen molar-refractivity contribution in [2.75, 3.05) is 33.9 Å². The molecule has 1 fully saturated rings. The van der Waals surface area contributed by atoms with E-state index in [1.165, 1.54) is 0 Å². The van der Waals surface area contributed by atoms with Crippen molar-refractivity contribution in [2.24, 2.45) is 5.92 Å². The molecule has 0 N–H and O–H groups in total. The van der Waals surface area contributed by atoms with Crippen molar-refractivity contribution in [3.8, 4) is 11.5 Å². The van der Waals surface area contributed by atoms with Crippen LogP contribution in [0.2, 0.25) is 0 Å². The maximum atomic E-state index is 13.6. The zero-order valence-corrected chi connectivity index (χ0v) is 22.4. The Morgan fingerprint density at radius 3 is 2.36 bits per heavy atom. The van der Waals surface area contributed by atoms with Gasteiger partial charge < -0.3 is 23.7 Å². The van der Waals surface area contributed by atoms with Gasteiger partial charge in [0, 0.05) is 19.0 Å². The maximum absolute atomic E-state index is 13.6. The fraction of sp³-hybridized carbons (Fsp3) is 0.586. The van der Waals surface area contributed by atoms with Gasteiger partial charge >= 0.3 is 0 Å². The summed E-state index contributed by atoms with van der Waals surface area (Å²) in [5.74, 6) is 3.06. The molecule has 36 heavy (non-hydrogen) atoms. The molecule has 7 heteroatoms. The van der Waals surface area contributed by atoms with Crippen molar-refractivity contribution in [2.45, 2.75) is 71.8 Å². The first kappa shape index (κ1) is 27.6. The molecule has 1 heterocycles. The highest BCUT2D eigenvalue weighted by atomic mass is 16.5. The van der Waals surface area contributed by atoms with Gasteiger partial charge in [-0.25, -0.2) is 0 Å². The first-order valence-corrected chi connectivity index (χ1v) is 13.3. The second-order valence-electron chi connectivity index (χ2n) is 9.72. The van der Waals surface area contributed by atoms with E-state index in [1.807, 2.05) is 47.1 Å². The summed E-state index contributed by atoms with van der Waals surface area (Å²) in [7, 11) is 3.23. The Morgan fingerprint density at radius 2 is 1.72 bits per heavy atom. The van der Waals surface area contributed by atoms with Gasteiger partial charge in [0.15, 0.2) is 11.5 Å². The van der Waals surface area contributed by atoms with Crippen LogP contribution in [0.1, 0.15) is 69.0 Å². The van der Waals surface area contributed by atoms with E-state index in [4.69, 9.17) is 13.9 Å². The molecule has 0 radical (unpaired) electrons. The molecular formula is C29H42N2O5. The number of ether oxygens (including phenoxy) is 2. The van der Waals surface area contributed by atoms with Gasteiger partial charge in [-0.3, -0.25) is 9.59 Å². The molecule has 1 saturated carbocycles. The Kier molecular flexibility index (Phi) is 10.7. The third kappa shape index (κ3) is 7.77. The van der Waals surface area contributed by atoms with Crippen LogP contribution in [-0.2, 0) is 22.6 Å². The molecule has 0 unspecified atom stereocenters. The highest BCUT2D eigenvalue weighted by molar-refractivity contribution is 5.86. The number of methoxy groups -OCH3 is 2. The van der Waals surface area contributed by atoms with E-state index in [0.717, 1.165) is 62.0 Å². The monoisotopic (exact) mass is 498 g/mol. The molecule has 1 aliphatic carbocycles. The van der Waals surface area contributed by atoms with Gasteiger partial charge in [-0.15, -0.1) is 0 Å². The fourth-order valence-corrected chi connectivity index (χ4v) is 4.86. The zero-order valence-electron chi connectivity index (χ0n) is 22.4. The van der Waals surface area contributed by atoms with E-state index < -0.39 is 0 Å². The summed E-state index contributed by atoms with van der Waals surface area (Å²) in [5.41, 5.74) is 1.04. The fourth-order valence-electron chi connectivity index (χ4n) is 4.86. The molecule has 0 atom stereocenters. The SMILES string of the molecule is CCCCCN(CC(=O)N(CCc1ccc(OC)c(OC)c1)Cc1ccc(C)o1)C(=O)C1CCCC1. The first-order chi connectivity index (χ1) is 17.4. The number of unbranched alkanes of at least 4 members (excludes halogenated alkanes) is 2. The third-order valence-electron chi connectivity index (χ3n) is 6.99. The largest absolute Gasteiger partial charge is 0.493 e. The molecule has 1 aromatic carbocycles. The molecule has 2 amide bonds. The number of aryl methyl sites for hydroxylation is 1.